The fourth-order valence-corrected chi connectivity index (χ4v) is 6.70. The maximum Gasteiger partial charge on any atom is 0.135 e. The Hall–Kier alpha value is -3.40. The molecule has 0 bridgehead atoms. The van der Waals surface area contributed by atoms with Crippen LogP contribution < -0.4 is 0 Å². The number of fused-ring (bicyclic) bond motifs is 3. The lowest BCUT2D eigenvalue weighted by Crippen LogP contribution is -1.89. The monoisotopic (exact) mass is 488 g/mol. The minimum atomic E-state index is 0.933. The van der Waals surface area contributed by atoms with Crippen LogP contribution in [0.15, 0.2) is 136 Å². The van der Waals surface area contributed by atoms with E-state index >= 15 is 0 Å². The van der Waals surface area contributed by atoms with E-state index in [-0.39, 0.29) is 0 Å². The summed E-state index contributed by atoms with van der Waals surface area (Å²) in [4.78, 5) is 2.66. The zero-order valence-corrected chi connectivity index (χ0v) is 20.8. The van der Waals surface area contributed by atoms with Crippen molar-refractivity contribution in [2.45, 2.75) is 21.3 Å². The Kier molecular flexibility index (Phi) is 6.35. The Morgan fingerprint density at radius 2 is 1.17 bits per heavy atom. The largest absolute Gasteiger partial charge is 0.456 e. The fourth-order valence-electron chi connectivity index (χ4n) is 4.36. The van der Waals surface area contributed by atoms with E-state index in [4.69, 9.17) is 4.42 Å². The molecule has 0 aliphatic heterocycles. The SMILES string of the molecule is c1ccc(CSc2cccc(-c3ccc4oc5ccccc5c4c3)c2SCc2ccccc2)cc1. The van der Waals surface area contributed by atoms with Gasteiger partial charge in [0, 0.05) is 32.1 Å². The van der Waals surface area contributed by atoms with Gasteiger partial charge in [-0.25, -0.2) is 0 Å². The number of hydrogen-bond acceptors (Lipinski definition) is 3. The normalized spacial score (nSPS) is 11.3. The molecular weight excluding hydrogens is 464 g/mol. The zero-order valence-electron chi connectivity index (χ0n) is 19.2. The third-order valence-electron chi connectivity index (χ3n) is 6.13. The average Bonchev–Trinajstić information content (AvgIpc) is 3.30. The number of benzene rings is 5. The minimum absolute atomic E-state index is 0.933. The summed E-state index contributed by atoms with van der Waals surface area (Å²) in [6.07, 6.45) is 0. The lowest BCUT2D eigenvalue weighted by Gasteiger charge is -2.15. The predicted molar refractivity (Wildman–Crippen MR) is 151 cm³/mol. The first-order chi connectivity index (χ1) is 17.3. The van der Waals surface area contributed by atoms with Crippen molar-refractivity contribution in [3.63, 3.8) is 0 Å². The molecule has 1 heterocycles. The van der Waals surface area contributed by atoms with Crippen LogP contribution in [-0.2, 0) is 11.5 Å². The van der Waals surface area contributed by atoms with Crippen molar-refractivity contribution in [3.05, 3.63) is 132 Å². The maximum atomic E-state index is 6.08. The highest BCUT2D eigenvalue weighted by Crippen LogP contribution is 2.42. The van der Waals surface area contributed by atoms with Crippen LogP contribution in [0.1, 0.15) is 11.1 Å². The highest BCUT2D eigenvalue weighted by molar-refractivity contribution is 8.01. The average molecular weight is 489 g/mol. The highest BCUT2D eigenvalue weighted by Gasteiger charge is 2.14. The van der Waals surface area contributed by atoms with Crippen LogP contribution >= 0.6 is 23.5 Å². The van der Waals surface area contributed by atoms with Crippen molar-refractivity contribution in [2.24, 2.45) is 0 Å². The molecule has 1 nitrogen and oxygen atoms in total. The molecule has 0 unspecified atom stereocenters. The molecule has 6 rings (SSSR count). The number of thioether (sulfide) groups is 2. The molecule has 0 saturated carbocycles. The van der Waals surface area contributed by atoms with E-state index in [0.29, 0.717) is 0 Å². The summed E-state index contributed by atoms with van der Waals surface area (Å²) in [5, 5.41) is 2.33. The van der Waals surface area contributed by atoms with Gasteiger partial charge >= 0.3 is 0 Å². The van der Waals surface area contributed by atoms with E-state index < -0.39 is 0 Å². The fraction of sp³-hybridized carbons (Fsp3) is 0.0625. The summed E-state index contributed by atoms with van der Waals surface area (Å²) in [5.41, 5.74) is 7.04. The Morgan fingerprint density at radius 3 is 1.94 bits per heavy atom. The topological polar surface area (TPSA) is 13.1 Å². The Labute approximate surface area is 214 Å². The van der Waals surface area contributed by atoms with Crippen LogP contribution in [0.4, 0.5) is 0 Å². The van der Waals surface area contributed by atoms with Gasteiger partial charge in [-0.3, -0.25) is 0 Å². The van der Waals surface area contributed by atoms with Gasteiger partial charge in [0.05, 0.1) is 0 Å². The number of rotatable bonds is 7. The quantitative estimate of drug-likeness (QED) is 0.208. The summed E-state index contributed by atoms with van der Waals surface area (Å²) >= 11 is 3.84. The van der Waals surface area contributed by atoms with Crippen molar-refractivity contribution < 1.29 is 4.42 Å². The first-order valence-electron chi connectivity index (χ1n) is 11.7. The third kappa shape index (κ3) is 4.75. The zero-order chi connectivity index (χ0) is 23.5. The molecule has 0 amide bonds. The molecule has 0 spiro atoms. The van der Waals surface area contributed by atoms with Gasteiger partial charge in [-0.05, 0) is 46.5 Å². The van der Waals surface area contributed by atoms with Gasteiger partial charge in [0.25, 0.3) is 0 Å². The highest BCUT2D eigenvalue weighted by atomic mass is 32.2. The Morgan fingerprint density at radius 1 is 0.514 bits per heavy atom. The molecule has 6 aromatic rings. The molecule has 35 heavy (non-hydrogen) atoms. The third-order valence-corrected chi connectivity index (χ3v) is 8.59. The smallest absolute Gasteiger partial charge is 0.135 e. The van der Waals surface area contributed by atoms with E-state index in [9.17, 15) is 0 Å². The molecule has 5 aromatic carbocycles. The van der Waals surface area contributed by atoms with Gasteiger partial charge in [0.2, 0.25) is 0 Å². The van der Waals surface area contributed by atoms with Gasteiger partial charge in [0.1, 0.15) is 11.2 Å². The summed E-state index contributed by atoms with van der Waals surface area (Å²) in [7, 11) is 0. The molecule has 0 N–H and O–H groups in total. The summed E-state index contributed by atoms with van der Waals surface area (Å²) in [6.45, 7) is 0. The molecule has 0 atom stereocenters. The van der Waals surface area contributed by atoms with Crippen LogP contribution in [-0.4, -0.2) is 0 Å². The maximum absolute atomic E-state index is 6.08. The van der Waals surface area contributed by atoms with E-state index in [1.54, 1.807) is 0 Å². The predicted octanol–water partition coefficient (Wildman–Crippen LogP) is 9.84. The first-order valence-corrected chi connectivity index (χ1v) is 13.7. The van der Waals surface area contributed by atoms with Gasteiger partial charge in [-0.2, -0.15) is 0 Å². The van der Waals surface area contributed by atoms with Crippen molar-refractivity contribution in [1.82, 2.24) is 0 Å². The Bertz CT molecular complexity index is 1590. The second-order valence-corrected chi connectivity index (χ2v) is 10.5. The van der Waals surface area contributed by atoms with Gasteiger partial charge in [-0.15, -0.1) is 23.5 Å². The van der Waals surface area contributed by atoms with E-state index in [2.05, 4.69) is 109 Å². The molecule has 0 aliphatic carbocycles. The molecule has 1 aromatic heterocycles. The van der Waals surface area contributed by atoms with Crippen LogP contribution in [0.5, 0.6) is 0 Å². The van der Waals surface area contributed by atoms with Gasteiger partial charge < -0.3 is 4.42 Å². The second-order valence-electron chi connectivity index (χ2n) is 8.49. The molecule has 3 heteroatoms. The lowest BCUT2D eigenvalue weighted by atomic mass is 10.0. The summed E-state index contributed by atoms with van der Waals surface area (Å²) in [6, 6.07) is 43.0. The van der Waals surface area contributed by atoms with Gasteiger partial charge in [-0.1, -0.05) is 97.1 Å². The first kappa shape index (κ1) is 22.1. The number of para-hydroxylation sites is 1. The van der Waals surface area contributed by atoms with Crippen LogP contribution in [0, 0.1) is 0 Å². The van der Waals surface area contributed by atoms with E-state index in [0.717, 1.165) is 28.1 Å². The summed E-state index contributed by atoms with van der Waals surface area (Å²) in [5.74, 6) is 1.89. The minimum Gasteiger partial charge on any atom is -0.456 e. The van der Waals surface area contributed by atoms with Crippen LogP contribution in [0.2, 0.25) is 0 Å². The summed E-state index contributed by atoms with van der Waals surface area (Å²) < 4.78 is 6.08. The van der Waals surface area contributed by atoms with Crippen molar-refractivity contribution >= 4 is 45.5 Å². The van der Waals surface area contributed by atoms with E-state index in [1.807, 2.05) is 35.7 Å². The molecular formula is C32H24OS2. The molecule has 170 valence electrons. The molecule has 0 saturated heterocycles. The van der Waals surface area contributed by atoms with Crippen LogP contribution in [0.3, 0.4) is 0 Å². The number of hydrogen-bond donors (Lipinski definition) is 0. The second kappa shape index (κ2) is 10.1. The lowest BCUT2D eigenvalue weighted by molar-refractivity contribution is 0.669. The Balaban J connectivity index is 1.41. The standard InChI is InChI=1S/C32H24OS2/c1-3-10-23(11-4-1)21-34-31-17-9-15-26(32(31)35-22-24-12-5-2-6-13-24)25-18-19-30-28(20-25)27-14-7-8-16-29(27)33-30/h1-20H,21-22H2. The molecule has 0 aliphatic rings. The number of furan rings is 1. The molecule has 0 radical (unpaired) electrons. The van der Waals surface area contributed by atoms with Crippen molar-refractivity contribution in [3.8, 4) is 11.1 Å². The van der Waals surface area contributed by atoms with E-state index in [1.165, 1.54) is 37.4 Å². The van der Waals surface area contributed by atoms with Gasteiger partial charge in [0.15, 0.2) is 0 Å². The van der Waals surface area contributed by atoms with Crippen LogP contribution in [0.25, 0.3) is 33.1 Å². The van der Waals surface area contributed by atoms with Crippen molar-refractivity contribution in [1.29, 1.82) is 0 Å². The molecule has 0 fully saturated rings. The van der Waals surface area contributed by atoms with Crippen molar-refractivity contribution in [2.75, 3.05) is 0 Å².